The molecule has 0 saturated carbocycles. The van der Waals surface area contributed by atoms with Gasteiger partial charge in [0.25, 0.3) is 0 Å². The summed E-state index contributed by atoms with van der Waals surface area (Å²) in [4.78, 5) is 27.1. The number of hydrogen-bond donors (Lipinski definition) is 2. The van der Waals surface area contributed by atoms with Crippen molar-refractivity contribution in [2.75, 3.05) is 24.5 Å². The van der Waals surface area contributed by atoms with Crippen molar-refractivity contribution in [1.29, 1.82) is 0 Å². The predicted molar refractivity (Wildman–Crippen MR) is 110 cm³/mol. The van der Waals surface area contributed by atoms with Gasteiger partial charge in [0.2, 0.25) is 0 Å². The standard InChI is InChI=1S/C21H27N3O2S/c25-20(21(26)23-16-19-6-5-15-27-19)22-12-11-17-7-9-18(10-8-17)24-13-3-1-2-4-14-24/h5-10,15H,1-4,11-14,16H2,(H,22,25)(H,23,26). The molecule has 1 aliphatic rings. The summed E-state index contributed by atoms with van der Waals surface area (Å²) >= 11 is 1.55. The van der Waals surface area contributed by atoms with Crippen LogP contribution in [-0.4, -0.2) is 31.4 Å². The number of carbonyl (C=O) groups is 2. The Bertz CT molecular complexity index is 720. The van der Waals surface area contributed by atoms with Gasteiger partial charge in [-0.05, 0) is 48.4 Å². The fourth-order valence-electron chi connectivity index (χ4n) is 3.26. The van der Waals surface area contributed by atoms with E-state index in [4.69, 9.17) is 0 Å². The maximum Gasteiger partial charge on any atom is 0.309 e. The average Bonchev–Trinajstić information content (AvgIpc) is 3.07. The Balaban J connectivity index is 1.39. The van der Waals surface area contributed by atoms with Crippen LogP contribution in [0.5, 0.6) is 0 Å². The molecule has 0 radical (unpaired) electrons. The van der Waals surface area contributed by atoms with E-state index < -0.39 is 11.8 Å². The first-order chi connectivity index (χ1) is 13.2. The fraction of sp³-hybridized carbons (Fsp3) is 0.429. The van der Waals surface area contributed by atoms with Gasteiger partial charge in [-0.25, -0.2) is 0 Å². The Morgan fingerprint density at radius 2 is 1.63 bits per heavy atom. The minimum Gasteiger partial charge on any atom is -0.372 e. The molecule has 5 nitrogen and oxygen atoms in total. The third kappa shape index (κ3) is 6.10. The number of carbonyl (C=O) groups excluding carboxylic acids is 2. The Morgan fingerprint density at radius 3 is 2.30 bits per heavy atom. The summed E-state index contributed by atoms with van der Waals surface area (Å²) in [5.74, 6) is -1.16. The Labute approximate surface area is 164 Å². The van der Waals surface area contributed by atoms with Crippen LogP contribution in [0.25, 0.3) is 0 Å². The zero-order valence-electron chi connectivity index (χ0n) is 15.6. The lowest BCUT2D eigenvalue weighted by atomic mass is 10.1. The van der Waals surface area contributed by atoms with Crippen molar-refractivity contribution in [3.05, 3.63) is 52.2 Å². The molecule has 0 spiro atoms. The average molecular weight is 386 g/mol. The second kappa shape index (κ2) is 10.1. The van der Waals surface area contributed by atoms with Crippen molar-refractivity contribution in [2.45, 2.75) is 38.6 Å². The maximum absolute atomic E-state index is 11.9. The maximum atomic E-state index is 11.9. The minimum absolute atomic E-state index is 0.391. The van der Waals surface area contributed by atoms with Gasteiger partial charge in [-0.15, -0.1) is 11.3 Å². The third-order valence-corrected chi connectivity index (χ3v) is 5.69. The van der Waals surface area contributed by atoms with Crippen LogP contribution in [-0.2, 0) is 22.6 Å². The van der Waals surface area contributed by atoms with Crippen molar-refractivity contribution >= 4 is 28.8 Å². The van der Waals surface area contributed by atoms with E-state index in [1.165, 1.54) is 31.4 Å². The highest BCUT2D eigenvalue weighted by atomic mass is 32.1. The smallest absolute Gasteiger partial charge is 0.309 e. The molecule has 1 aromatic carbocycles. The van der Waals surface area contributed by atoms with E-state index in [0.717, 1.165) is 23.5 Å². The van der Waals surface area contributed by atoms with Crippen LogP contribution < -0.4 is 15.5 Å². The molecule has 2 heterocycles. The summed E-state index contributed by atoms with van der Waals surface area (Å²) in [6.07, 6.45) is 5.90. The first kappa shape index (κ1) is 19.4. The molecule has 1 aliphatic heterocycles. The minimum atomic E-state index is -0.583. The van der Waals surface area contributed by atoms with Gasteiger partial charge in [-0.1, -0.05) is 31.0 Å². The Hall–Kier alpha value is -2.34. The monoisotopic (exact) mass is 385 g/mol. The van der Waals surface area contributed by atoms with Crippen molar-refractivity contribution in [2.24, 2.45) is 0 Å². The fourth-order valence-corrected chi connectivity index (χ4v) is 3.91. The second-order valence-electron chi connectivity index (χ2n) is 6.84. The Kier molecular flexibility index (Phi) is 7.27. The van der Waals surface area contributed by atoms with Crippen LogP contribution in [0.4, 0.5) is 5.69 Å². The molecule has 144 valence electrons. The quantitative estimate of drug-likeness (QED) is 0.751. The molecular weight excluding hydrogens is 358 g/mol. The summed E-state index contributed by atoms with van der Waals surface area (Å²) in [6.45, 7) is 3.11. The molecule has 1 fully saturated rings. The lowest BCUT2D eigenvalue weighted by Gasteiger charge is -2.22. The van der Waals surface area contributed by atoms with E-state index in [9.17, 15) is 9.59 Å². The van der Waals surface area contributed by atoms with E-state index in [1.807, 2.05) is 17.5 Å². The van der Waals surface area contributed by atoms with Gasteiger partial charge in [0.15, 0.2) is 0 Å². The largest absolute Gasteiger partial charge is 0.372 e. The Morgan fingerprint density at radius 1 is 0.926 bits per heavy atom. The summed E-state index contributed by atoms with van der Waals surface area (Å²) in [6, 6.07) is 12.4. The summed E-state index contributed by atoms with van der Waals surface area (Å²) < 4.78 is 0. The highest BCUT2D eigenvalue weighted by Gasteiger charge is 2.13. The van der Waals surface area contributed by atoms with Crippen LogP contribution in [0.1, 0.15) is 36.1 Å². The predicted octanol–water partition coefficient (Wildman–Crippen LogP) is 3.10. The van der Waals surface area contributed by atoms with Gasteiger partial charge in [0, 0.05) is 30.2 Å². The molecule has 0 atom stereocenters. The third-order valence-electron chi connectivity index (χ3n) is 4.82. The second-order valence-corrected chi connectivity index (χ2v) is 7.87. The van der Waals surface area contributed by atoms with Gasteiger partial charge >= 0.3 is 11.8 Å². The van der Waals surface area contributed by atoms with Gasteiger partial charge in [-0.2, -0.15) is 0 Å². The van der Waals surface area contributed by atoms with Gasteiger partial charge in [0.05, 0.1) is 6.54 Å². The highest BCUT2D eigenvalue weighted by molar-refractivity contribution is 7.09. The van der Waals surface area contributed by atoms with Gasteiger partial charge < -0.3 is 15.5 Å². The SMILES string of the molecule is O=C(NCCc1ccc(N2CCCCCC2)cc1)C(=O)NCc1cccs1. The first-order valence-electron chi connectivity index (χ1n) is 9.65. The molecule has 3 rings (SSSR count). The van der Waals surface area contributed by atoms with Crippen molar-refractivity contribution in [3.8, 4) is 0 Å². The van der Waals surface area contributed by atoms with E-state index >= 15 is 0 Å². The molecule has 1 saturated heterocycles. The van der Waals surface area contributed by atoms with Crippen LogP contribution in [0.15, 0.2) is 41.8 Å². The van der Waals surface area contributed by atoms with Gasteiger partial charge in [0.1, 0.15) is 0 Å². The number of benzene rings is 1. The van der Waals surface area contributed by atoms with Crippen LogP contribution in [0.3, 0.4) is 0 Å². The number of hydrogen-bond acceptors (Lipinski definition) is 4. The van der Waals surface area contributed by atoms with Gasteiger partial charge in [-0.3, -0.25) is 9.59 Å². The molecule has 2 aromatic rings. The number of thiophene rings is 1. The summed E-state index contributed by atoms with van der Waals surface area (Å²) in [7, 11) is 0. The number of rotatable bonds is 6. The van der Waals surface area contributed by atoms with Crippen molar-refractivity contribution < 1.29 is 9.59 Å². The number of amides is 2. The van der Waals surface area contributed by atoms with E-state index in [1.54, 1.807) is 11.3 Å². The topological polar surface area (TPSA) is 61.4 Å². The van der Waals surface area contributed by atoms with Crippen molar-refractivity contribution in [3.63, 3.8) is 0 Å². The van der Waals surface area contributed by atoms with E-state index in [-0.39, 0.29) is 0 Å². The van der Waals surface area contributed by atoms with Crippen LogP contribution in [0.2, 0.25) is 0 Å². The molecule has 6 heteroatoms. The molecule has 0 unspecified atom stereocenters. The summed E-state index contributed by atoms with van der Waals surface area (Å²) in [5, 5.41) is 7.27. The zero-order chi connectivity index (χ0) is 18.9. The molecule has 27 heavy (non-hydrogen) atoms. The molecule has 1 aromatic heterocycles. The molecule has 2 amide bonds. The van der Waals surface area contributed by atoms with E-state index in [2.05, 4.69) is 39.8 Å². The number of nitrogens with one attached hydrogen (secondary N) is 2. The molecular formula is C21H27N3O2S. The lowest BCUT2D eigenvalue weighted by Crippen LogP contribution is -2.40. The van der Waals surface area contributed by atoms with Crippen LogP contribution in [0, 0.1) is 0 Å². The van der Waals surface area contributed by atoms with Crippen LogP contribution >= 0.6 is 11.3 Å². The number of nitrogens with zero attached hydrogens (tertiary/aromatic N) is 1. The first-order valence-corrected chi connectivity index (χ1v) is 10.5. The van der Waals surface area contributed by atoms with Crippen molar-refractivity contribution in [1.82, 2.24) is 10.6 Å². The normalized spacial score (nSPS) is 14.4. The lowest BCUT2D eigenvalue weighted by molar-refractivity contribution is -0.139. The molecule has 2 N–H and O–H groups in total. The molecule has 0 bridgehead atoms. The van der Waals surface area contributed by atoms with E-state index in [0.29, 0.717) is 19.5 Å². The summed E-state index contributed by atoms with van der Waals surface area (Å²) in [5.41, 5.74) is 2.44. The highest BCUT2D eigenvalue weighted by Crippen LogP contribution is 2.20. The number of anilines is 1. The molecule has 0 aliphatic carbocycles. The zero-order valence-corrected chi connectivity index (χ0v) is 16.4.